The van der Waals surface area contributed by atoms with E-state index in [0.717, 1.165) is 46.5 Å². The first kappa shape index (κ1) is 21.0. The number of anilines is 2. The van der Waals surface area contributed by atoms with Crippen molar-refractivity contribution in [2.24, 2.45) is 5.73 Å². The van der Waals surface area contributed by atoms with Crippen LogP contribution in [0.1, 0.15) is 27.2 Å². The summed E-state index contributed by atoms with van der Waals surface area (Å²) in [4.78, 5) is 21.5. The highest BCUT2D eigenvalue weighted by Crippen LogP contribution is 2.31. The lowest BCUT2D eigenvalue weighted by Gasteiger charge is -2.14. The molecule has 33 heavy (non-hydrogen) atoms. The number of aromatic nitrogens is 3. The van der Waals surface area contributed by atoms with Gasteiger partial charge >= 0.3 is 7.12 Å². The summed E-state index contributed by atoms with van der Waals surface area (Å²) in [5.41, 5.74) is 10.0. The summed E-state index contributed by atoms with van der Waals surface area (Å²) in [5.74, 6) is 1.49. The first-order chi connectivity index (χ1) is 15.9. The second-order valence-corrected chi connectivity index (χ2v) is 8.07. The van der Waals surface area contributed by atoms with Gasteiger partial charge in [-0.15, -0.1) is 0 Å². The molecule has 2 aromatic carbocycles. The van der Waals surface area contributed by atoms with Crippen molar-refractivity contribution in [2.45, 2.75) is 19.9 Å². The van der Waals surface area contributed by atoms with Gasteiger partial charge in [-0.25, -0.2) is 0 Å². The Hall–Kier alpha value is -3.89. The smallest absolute Gasteiger partial charge is 0.423 e. The van der Waals surface area contributed by atoms with Crippen molar-refractivity contribution >= 4 is 41.0 Å². The Morgan fingerprint density at radius 1 is 1.21 bits per heavy atom. The van der Waals surface area contributed by atoms with Gasteiger partial charge < -0.3 is 26.4 Å². The Kier molecular flexibility index (Phi) is 5.23. The molecule has 0 unspecified atom stereocenters. The Morgan fingerprint density at radius 2 is 2.03 bits per heavy atom. The molecule has 4 aromatic rings. The maximum atomic E-state index is 11.9. The number of amides is 1. The zero-order valence-electron chi connectivity index (χ0n) is 18.0. The molecule has 166 valence electrons. The number of fused-ring (bicyclic) bond motifs is 2. The molecule has 0 spiro atoms. The number of hydrogen-bond acceptors (Lipinski definition) is 7. The first-order valence-electron chi connectivity index (χ1n) is 10.7. The van der Waals surface area contributed by atoms with Crippen LogP contribution in [0.4, 0.5) is 11.6 Å². The second kappa shape index (κ2) is 8.23. The molecule has 1 aliphatic heterocycles. The summed E-state index contributed by atoms with van der Waals surface area (Å²) in [7, 11) is -1.51. The highest BCUT2D eigenvalue weighted by molar-refractivity contribution is 6.58. The average Bonchev–Trinajstić information content (AvgIpc) is 3.40. The number of benzene rings is 2. The maximum absolute atomic E-state index is 11.9. The zero-order chi connectivity index (χ0) is 23.1. The normalized spacial score (nSPS) is 12.5. The molecule has 0 fully saturated rings. The molecule has 1 amide bonds. The van der Waals surface area contributed by atoms with E-state index in [2.05, 4.69) is 10.6 Å². The predicted molar refractivity (Wildman–Crippen MR) is 128 cm³/mol. The van der Waals surface area contributed by atoms with Gasteiger partial charge in [-0.3, -0.25) is 9.36 Å². The standard InChI is InChI=1S/C23H23BN6O3/c1-13-10-18-16(20(25)31)6-3-7-19(18)30(13)23-28-21-17(8-9-26-21)22(29-23)27-12-14-4-2-5-15(11-14)24(32)33/h2-7,10-11,32-33H,8-9,12H2,1H3,(H2,25,31)(H2,26,27,28,29). The van der Waals surface area contributed by atoms with Gasteiger partial charge in [0.1, 0.15) is 11.6 Å². The number of primary amides is 1. The monoisotopic (exact) mass is 442 g/mol. The van der Waals surface area contributed by atoms with E-state index in [-0.39, 0.29) is 0 Å². The highest BCUT2D eigenvalue weighted by atomic mass is 16.4. The molecule has 6 N–H and O–H groups in total. The number of hydrogen-bond donors (Lipinski definition) is 5. The fourth-order valence-electron chi connectivity index (χ4n) is 4.30. The van der Waals surface area contributed by atoms with Crippen LogP contribution in [0.2, 0.25) is 0 Å². The third kappa shape index (κ3) is 3.79. The molecule has 5 rings (SSSR count). The Balaban J connectivity index is 1.56. The summed E-state index contributed by atoms with van der Waals surface area (Å²) in [5, 5.41) is 26.3. The van der Waals surface area contributed by atoms with E-state index in [0.29, 0.717) is 29.3 Å². The average molecular weight is 442 g/mol. The molecule has 0 saturated heterocycles. The minimum Gasteiger partial charge on any atom is -0.423 e. The van der Waals surface area contributed by atoms with Gasteiger partial charge in [0.25, 0.3) is 0 Å². The molecule has 0 saturated carbocycles. The van der Waals surface area contributed by atoms with Crippen LogP contribution in [0.3, 0.4) is 0 Å². The van der Waals surface area contributed by atoms with Crippen LogP contribution in [-0.2, 0) is 13.0 Å². The molecule has 3 heterocycles. The van der Waals surface area contributed by atoms with Crippen molar-refractivity contribution in [1.82, 2.24) is 14.5 Å². The van der Waals surface area contributed by atoms with Crippen LogP contribution in [0.15, 0.2) is 48.5 Å². The summed E-state index contributed by atoms with van der Waals surface area (Å²) >= 11 is 0. The summed E-state index contributed by atoms with van der Waals surface area (Å²) in [6.07, 6.45) is 0.796. The van der Waals surface area contributed by atoms with Gasteiger partial charge in [-0.2, -0.15) is 9.97 Å². The van der Waals surface area contributed by atoms with Crippen molar-refractivity contribution in [2.75, 3.05) is 17.2 Å². The lowest BCUT2D eigenvalue weighted by molar-refractivity contribution is 0.100. The molecule has 0 bridgehead atoms. The molecule has 0 radical (unpaired) electrons. The van der Waals surface area contributed by atoms with E-state index < -0.39 is 13.0 Å². The predicted octanol–water partition coefficient (Wildman–Crippen LogP) is 1.09. The van der Waals surface area contributed by atoms with Crippen LogP contribution in [0.25, 0.3) is 16.9 Å². The Labute approximate surface area is 190 Å². The van der Waals surface area contributed by atoms with Gasteiger partial charge in [-0.05, 0) is 42.6 Å². The maximum Gasteiger partial charge on any atom is 0.488 e. The Morgan fingerprint density at radius 3 is 2.82 bits per heavy atom. The third-order valence-electron chi connectivity index (χ3n) is 5.87. The van der Waals surface area contributed by atoms with E-state index in [4.69, 9.17) is 15.7 Å². The van der Waals surface area contributed by atoms with Gasteiger partial charge in [0.15, 0.2) is 0 Å². The third-order valence-corrected chi connectivity index (χ3v) is 5.87. The molecular formula is C23H23BN6O3. The minimum absolute atomic E-state index is 0.435. The number of carbonyl (C=O) groups excluding carboxylic acids is 1. The number of carbonyl (C=O) groups is 1. The summed E-state index contributed by atoms with van der Waals surface area (Å²) in [6, 6.07) is 14.4. The van der Waals surface area contributed by atoms with E-state index in [1.165, 1.54) is 0 Å². The number of nitrogens with zero attached hydrogens (tertiary/aromatic N) is 3. The van der Waals surface area contributed by atoms with Gasteiger partial charge in [0.2, 0.25) is 11.9 Å². The number of aryl methyl sites for hydroxylation is 1. The van der Waals surface area contributed by atoms with Crippen molar-refractivity contribution in [3.05, 3.63) is 70.9 Å². The summed E-state index contributed by atoms with van der Waals surface area (Å²) < 4.78 is 1.91. The minimum atomic E-state index is -1.51. The second-order valence-electron chi connectivity index (χ2n) is 8.07. The fourth-order valence-corrected chi connectivity index (χ4v) is 4.30. The molecule has 0 aliphatic carbocycles. The Bertz CT molecular complexity index is 1380. The quantitative estimate of drug-likeness (QED) is 0.282. The zero-order valence-corrected chi connectivity index (χ0v) is 18.0. The molecule has 0 atom stereocenters. The topological polar surface area (TPSA) is 138 Å². The van der Waals surface area contributed by atoms with E-state index in [1.807, 2.05) is 29.7 Å². The molecular weight excluding hydrogens is 419 g/mol. The highest BCUT2D eigenvalue weighted by Gasteiger charge is 2.22. The largest absolute Gasteiger partial charge is 0.488 e. The van der Waals surface area contributed by atoms with Gasteiger partial charge in [-0.1, -0.05) is 30.3 Å². The van der Waals surface area contributed by atoms with Crippen LogP contribution >= 0.6 is 0 Å². The van der Waals surface area contributed by atoms with Crippen molar-refractivity contribution in [3.8, 4) is 5.95 Å². The van der Waals surface area contributed by atoms with Gasteiger partial charge in [0, 0.05) is 35.3 Å². The van der Waals surface area contributed by atoms with Gasteiger partial charge in [0.05, 0.1) is 5.52 Å². The molecule has 2 aromatic heterocycles. The molecule has 10 heteroatoms. The first-order valence-corrected chi connectivity index (χ1v) is 10.7. The fraction of sp³-hybridized carbons (Fsp3) is 0.174. The van der Waals surface area contributed by atoms with Crippen LogP contribution in [0.5, 0.6) is 0 Å². The number of rotatable bonds is 6. The van der Waals surface area contributed by atoms with Crippen LogP contribution < -0.4 is 21.8 Å². The van der Waals surface area contributed by atoms with E-state index in [1.54, 1.807) is 30.3 Å². The van der Waals surface area contributed by atoms with E-state index >= 15 is 0 Å². The van der Waals surface area contributed by atoms with Crippen molar-refractivity contribution in [3.63, 3.8) is 0 Å². The van der Waals surface area contributed by atoms with Crippen molar-refractivity contribution < 1.29 is 14.8 Å². The number of nitrogens with one attached hydrogen (secondary N) is 2. The summed E-state index contributed by atoms with van der Waals surface area (Å²) in [6.45, 7) is 3.17. The van der Waals surface area contributed by atoms with Crippen LogP contribution in [-0.4, -0.2) is 44.2 Å². The van der Waals surface area contributed by atoms with Crippen LogP contribution in [0, 0.1) is 6.92 Å². The molecule has 9 nitrogen and oxygen atoms in total. The van der Waals surface area contributed by atoms with E-state index in [9.17, 15) is 14.8 Å². The van der Waals surface area contributed by atoms with Crippen molar-refractivity contribution in [1.29, 1.82) is 0 Å². The lowest BCUT2D eigenvalue weighted by Crippen LogP contribution is -2.30. The molecule has 1 aliphatic rings. The number of nitrogens with two attached hydrogens (primary N) is 1. The lowest BCUT2D eigenvalue weighted by atomic mass is 9.80. The SMILES string of the molecule is Cc1cc2c(C(N)=O)cccc2n1-c1nc2c(c(NCc3cccc(B(O)O)c3)n1)CCN2.